The number of nitro groups is 1. The Hall–Kier alpha value is -2.80. The van der Waals surface area contributed by atoms with Gasteiger partial charge in [-0.05, 0) is 23.8 Å². The Kier molecular flexibility index (Phi) is 5.37. The predicted octanol–water partition coefficient (Wildman–Crippen LogP) is 2.02. The largest absolute Gasteiger partial charge is 0.872 e. The lowest BCUT2D eigenvalue weighted by atomic mass is 10.2. The molecular formula is C15H12ClN2O5-. The zero-order valence-electron chi connectivity index (χ0n) is 11.8. The smallest absolute Gasteiger partial charge is 0.269 e. The van der Waals surface area contributed by atoms with Gasteiger partial charge < -0.3 is 15.2 Å². The maximum atomic E-state index is 11.7. The summed E-state index contributed by atoms with van der Waals surface area (Å²) in [5.74, 6) is -0.407. The fraction of sp³-hybridized carbons (Fsp3) is 0.133. The third kappa shape index (κ3) is 4.86. The van der Waals surface area contributed by atoms with Gasteiger partial charge in [-0.15, -0.1) is 5.75 Å². The summed E-state index contributed by atoms with van der Waals surface area (Å²) in [6.07, 6.45) is 0. The summed E-state index contributed by atoms with van der Waals surface area (Å²) in [5, 5.41) is 25.2. The van der Waals surface area contributed by atoms with Crippen molar-refractivity contribution in [1.82, 2.24) is 5.32 Å². The molecule has 0 fully saturated rings. The van der Waals surface area contributed by atoms with Crippen molar-refractivity contribution in [2.75, 3.05) is 6.61 Å². The topological polar surface area (TPSA) is 105 Å². The molecule has 0 aromatic heterocycles. The third-order valence-corrected chi connectivity index (χ3v) is 3.13. The molecule has 23 heavy (non-hydrogen) atoms. The fourth-order valence-electron chi connectivity index (χ4n) is 1.77. The first-order valence-electron chi connectivity index (χ1n) is 6.55. The van der Waals surface area contributed by atoms with Crippen LogP contribution in [0.15, 0.2) is 42.5 Å². The Morgan fingerprint density at radius 1 is 1.26 bits per heavy atom. The highest BCUT2D eigenvalue weighted by Gasteiger charge is 2.08. The van der Waals surface area contributed by atoms with E-state index in [-0.39, 0.29) is 30.2 Å². The molecule has 8 heteroatoms. The number of non-ortho nitro benzene ring substituents is 1. The van der Waals surface area contributed by atoms with E-state index in [1.165, 1.54) is 0 Å². The summed E-state index contributed by atoms with van der Waals surface area (Å²) < 4.78 is 5.25. The summed E-state index contributed by atoms with van der Waals surface area (Å²) in [4.78, 5) is 21.8. The molecule has 0 aliphatic heterocycles. The number of amides is 1. The molecule has 0 bridgehead atoms. The number of benzene rings is 2. The maximum absolute atomic E-state index is 11.7. The summed E-state index contributed by atoms with van der Waals surface area (Å²) in [5.41, 5.74) is -0.0701. The minimum atomic E-state index is -0.604. The Labute approximate surface area is 136 Å². The van der Waals surface area contributed by atoms with E-state index in [9.17, 15) is 20.0 Å². The van der Waals surface area contributed by atoms with Gasteiger partial charge >= 0.3 is 0 Å². The highest BCUT2D eigenvalue weighted by molar-refractivity contribution is 6.30. The van der Waals surface area contributed by atoms with E-state index in [0.29, 0.717) is 10.8 Å². The van der Waals surface area contributed by atoms with Gasteiger partial charge in [0.25, 0.3) is 11.6 Å². The Morgan fingerprint density at radius 2 is 2.04 bits per heavy atom. The van der Waals surface area contributed by atoms with Gasteiger partial charge in [-0.3, -0.25) is 14.9 Å². The predicted molar refractivity (Wildman–Crippen MR) is 81.3 cm³/mol. The number of hydrogen-bond donors (Lipinski definition) is 1. The van der Waals surface area contributed by atoms with Crippen molar-refractivity contribution in [2.24, 2.45) is 0 Å². The second-order valence-corrected chi connectivity index (χ2v) is 5.01. The van der Waals surface area contributed by atoms with Crippen molar-refractivity contribution < 1.29 is 19.6 Å². The van der Waals surface area contributed by atoms with E-state index in [4.69, 9.17) is 16.3 Å². The standard InChI is InChI=1S/C15H13ClN2O5/c16-11-2-1-3-13(7-11)23-9-15(20)17-8-10-6-12(18(21)22)4-5-14(10)19/h1-7,19H,8-9H2,(H,17,20)/p-1. The normalized spacial score (nSPS) is 10.1. The molecule has 1 N–H and O–H groups in total. The molecular weight excluding hydrogens is 324 g/mol. The van der Waals surface area contributed by atoms with E-state index in [2.05, 4.69) is 5.32 Å². The van der Waals surface area contributed by atoms with Gasteiger partial charge in [-0.1, -0.05) is 23.7 Å². The summed E-state index contributed by atoms with van der Waals surface area (Å²) in [6, 6.07) is 9.92. The molecule has 0 spiro atoms. The zero-order valence-corrected chi connectivity index (χ0v) is 12.6. The molecule has 2 aromatic carbocycles. The quantitative estimate of drug-likeness (QED) is 0.642. The van der Waals surface area contributed by atoms with Crippen LogP contribution in [-0.4, -0.2) is 17.4 Å². The number of carbonyl (C=O) groups excluding carboxylic acids is 1. The molecule has 0 heterocycles. The summed E-state index contributed by atoms with van der Waals surface area (Å²) in [7, 11) is 0. The number of nitro benzene ring substituents is 1. The molecule has 0 radical (unpaired) electrons. The van der Waals surface area contributed by atoms with Crippen LogP contribution in [0, 0.1) is 10.1 Å². The Morgan fingerprint density at radius 3 is 2.74 bits per heavy atom. The van der Waals surface area contributed by atoms with Gasteiger partial charge in [0.05, 0.1) is 4.92 Å². The molecule has 7 nitrogen and oxygen atoms in total. The van der Waals surface area contributed by atoms with Crippen molar-refractivity contribution in [3.63, 3.8) is 0 Å². The number of ether oxygens (including phenoxy) is 1. The molecule has 0 atom stereocenters. The van der Waals surface area contributed by atoms with E-state index in [1.54, 1.807) is 24.3 Å². The Bertz CT molecular complexity index is 736. The summed E-state index contributed by atoms with van der Waals surface area (Å²) >= 11 is 5.79. The van der Waals surface area contributed by atoms with E-state index >= 15 is 0 Å². The number of nitrogens with zero attached hydrogens (tertiary/aromatic N) is 1. The minimum absolute atomic E-state index is 0.113. The van der Waals surface area contributed by atoms with E-state index < -0.39 is 10.8 Å². The van der Waals surface area contributed by atoms with Crippen LogP contribution in [0.1, 0.15) is 5.56 Å². The lowest BCUT2D eigenvalue weighted by molar-refractivity contribution is -0.385. The summed E-state index contributed by atoms with van der Waals surface area (Å²) in [6.45, 7) is -0.373. The van der Waals surface area contributed by atoms with Crippen molar-refractivity contribution in [3.05, 3.63) is 63.2 Å². The Balaban J connectivity index is 1.89. The average molecular weight is 336 g/mol. The molecule has 0 aliphatic carbocycles. The second kappa shape index (κ2) is 7.46. The molecule has 2 rings (SSSR count). The van der Waals surface area contributed by atoms with Gasteiger partial charge in [0.15, 0.2) is 6.61 Å². The van der Waals surface area contributed by atoms with Crippen molar-refractivity contribution in [2.45, 2.75) is 6.54 Å². The van der Waals surface area contributed by atoms with Crippen LogP contribution in [0.4, 0.5) is 5.69 Å². The minimum Gasteiger partial charge on any atom is -0.872 e. The first-order valence-corrected chi connectivity index (χ1v) is 6.93. The van der Waals surface area contributed by atoms with Crippen molar-refractivity contribution in [1.29, 1.82) is 0 Å². The third-order valence-electron chi connectivity index (χ3n) is 2.90. The molecule has 0 saturated heterocycles. The van der Waals surface area contributed by atoms with Crippen LogP contribution in [0.5, 0.6) is 11.5 Å². The number of hydrogen-bond acceptors (Lipinski definition) is 5. The van der Waals surface area contributed by atoms with Crippen LogP contribution in [0.3, 0.4) is 0 Å². The van der Waals surface area contributed by atoms with Gasteiger partial charge in [-0.2, -0.15) is 0 Å². The van der Waals surface area contributed by atoms with Gasteiger partial charge in [0, 0.05) is 23.7 Å². The van der Waals surface area contributed by atoms with E-state index in [0.717, 1.165) is 18.2 Å². The second-order valence-electron chi connectivity index (χ2n) is 4.57. The van der Waals surface area contributed by atoms with Crippen LogP contribution in [0.25, 0.3) is 0 Å². The zero-order chi connectivity index (χ0) is 16.8. The first-order chi connectivity index (χ1) is 11.0. The van der Waals surface area contributed by atoms with Crippen LogP contribution in [-0.2, 0) is 11.3 Å². The van der Waals surface area contributed by atoms with Crippen LogP contribution in [0.2, 0.25) is 5.02 Å². The number of nitrogens with one attached hydrogen (secondary N) is 1. The molecule has 2 aromatic rings. The van der Waals surface area contributed by atoms with Gasteiger partial charge in [0.2, 0.25) is 0 Å². The number of halogens is 1. The molecule has 1 amide bonds. The molecule has 0 aliphatic rings. The number of carbonyl (C=O) groups is 1. The molecule has 0 unspecified atom stereocenters. The first kappa shape index (κ1) is 16.6. The van der Waals surface area contributed by atoms with E-state index in [1.807, 2.05) is 0 Å². The monoisotopic (exact) mass is 335 g/mol. The molecule has 0 saturated carbocycles. The average Bonchev–Trinajstić information content (AvgIpc) is 2.52. The highest BCUT2D eigenvalue weighted by atomic mass is 35.5. The van der Waals surface area contributed by atoms with Gasteiger partial charge in [-0.25, -0.2) is 0 Å². The van der Waals surface area contributed by atoms with Gasteiger partial charge in [0.1, 0.15) is 5.75 Å². The lowest BCUT2D eigenvalue weighted by Crippen LogP contribution is -2.28. The molecule has 120 valence electrons. The highest BCUT2D eigenvalue weighted by Crippen LogP contribution is 2.20. The fourth-order valence-corrected chi connectivity index (χ4v) is 1.95. The maximum Gasteiger partial charge on any atom is 0.269 e. The SMILES string of the molecule is O=C(COc1cccc(Cl)c1)NCc1cc([N+](=O)[O-])ccc1[O-]. The van der Waals surface area contributed by atoms with Crippen LogP contribution >= 0.6 is 11.6 Å². The lowest BCUT2D eigenvalue weighted by Gasteiger charge is -2.14. The van der Waals surface area contributed by atoms with Crippen molar-refractivity contribution >= 4 is 23.2 Å². The van der Waals surface area contributed by atoms with Crippen LogP contribution < -0.4 is 15.2 Å². The van der Waals surface area contributed by atoms with Crippen molar-refractivity contribution in [3.8, 4) is 11.5 Å². The number of rotatable bonds is 6.